The van der Waals surface area contributed by atoms with Gasteiger partial charge >= 0.3 is 5.97 Å². The van der Waals surface area contributed by atoms with Gasteiger partial charge in [0.1, 0.15) is 10.9 Å². The summed E-state index contributed by atoms with van der Waals surface area (Å²) in [6.07, 6.45) is 1.03. The number of amides is 1. The summed E-state index contributed by atoms with van der Waals surface area (Å²) in [6.45, 7) is 0.506. The number of aromatic carboxylic acids is 1. The van der Waals surface area contributed by atoms with Crippen molar-refractivity contribution in [1.29, 1.82) is 0 Å². The van der Waals surface area contributed by atoms with E-state index in [4.69, 9.17) is 16.7 Å². The van der Waals surface area contributed by atoms with Crippen LogP contribution in [-0.2, 0) is 14.8 Å². The van der Waals surface area contributed by atoms with E-state index in [-0.39, 0.29) is 15.5 Å². The van der Waals surface area contributed by atoms with Gasteiger partial charge in [-0.25, -0.2) is 13.2 Å². The molecule has 0 radical (unpaired) electrons. The number of rotatable bonds is 4. The summed E-state index contributed by atoms with van der Waals surface area (Å²) in [5.74, 6) is -1.67. The molecule has 1 aromatic carbocycles. The van der Waals surface area contributed by atoms with E-state index < -0.39 is 27.9 Å². The predicted molar refractivity (Wildman–Crippen MR) is 74.8 cm³/mol. The molecule has 1 aliphatic heterocycles. The van der Waals surface area contributed by atoms with E-state index in [0.29, 0.717) is 19.4 Å². The van der Waals surface area contributed by atoms with Crippen molar-refractivity contribution in [3.8, 4) is 0 Å². The molecule has 0 spiro atoms. The Morgan fingerprint density at radius 3 is 2.76 bits per heavy atom. The molecule has 1 aromatic rings. The molecule has 9 heteroatoms. The van der Waals surface area contributed by atoms with Crippen LogP contribution in [0.1, 0.15) is 23.2 Å². The first-order valence-electron chi connectivity index (χ1n) is 6.14. The number of hydrogen-bond donors (Lipinski definition) is 3. The summed E-state index contributed by atoms with van der Waals surface area (Å²) in [5.41, 5.74) is -0.201. The van der Waals surface area contributed by atoms with E-state index in [0.717, 1.165) is 6.07 Å². The number of benzene rings is 1. The van der Waals surface area contributed by atoms with E-state index in [1.807, 2.05) is 0 Å². The highest BCUT2D eigenvalue weighted by atomic mass is 35.5. The highest BCUT2D eigenvalue weighted by Gasteiger charge is 2.29. The van der Waals surface area contributed by atoms with Crippen LogP contribution in [0.5, 0.6) is 0 Å². The Morgan fingerprint density at radius 1 is 1.43 bits per heavy atom. The summed E-state index contributed by atoms with van der Waals surface area (Å²) >= 11 is 5.83. The molecule has 114 valence electrons. The summed E-state index contributed by atoms with van der Waals surface area (Å²) in [6, 6.07) is 2.49. The van der Waals surface area contributed by atoms with E-state index in [9.17, 15) is 18.0 Å². The van der Waals surface area contributed by atoms with Crippen molar-refractivity contribution in [2.75, 3.05) is 6.54 Å². The van der Waals surface area contributed by atoms with Gasteiger partial charge < -0.3 is 10.4 Å². The van der Waals surface area contributed by atoms with Crippen LogP contribution in [0.25, 0.3) is 0 Å². The molecular weight excluding hydrogens is 320 g/mol. The van der Waals surface area contributed by atoms with Gasteiger partial charge in [0.05, 0.1) is 10.6 Å². The Hall–Kier alpha value is -1.64. The van der Waals surface area contributed by atoms with E-state index in [1.54, 1.807) is 0 Å². The van der Waals surface area contributed by atoms with Crippen molar-refractivity contribution in [3.63, 3.8) is 0 Å². The molecule has 1 atom stereocenters. The number of carboxylic acids is 1. The molecule has 21 heavy (non-hydrogen) atoms. The Kier molecular flexibility index (Phi) is 4.50. The fraction of sp³-hybridized carbons (Fsp3) is 0.333. The number of sulfonamides is 1. The zero-order valence-electron chi connectivity index (χ0n) is 10.8. The maximum atomic E-state index is 12.3. The Morgan fingerprint density at radius 2 is 2.14 bits per heavy atom. The highest BCUT2D eigenvalue weighted by molar-refractivity contribution is 7.89. The molecule has 7 nitrogen and oxygen atoms in total. The van der Waals surface area contributed by atoms with Crippen LogP contribution < -0.4 is 10.0 Å². The van der Waals surface area contributed by atoms with Gasteiger partial charge in [0.15, 0.2) is 0 Å². The van der Waals surface area contributed by atoms with Crippen LogP contribution in [0.15, 0.2) is 23.1 Å². The lowest BCUT2D eigenvalue weighted by molar-refractivity contribution is -0.124. The monoisotopic (exact) mass is 332 g/mol. The van der Waals surface area contributed by atoms with Crippen LogP contribution in [-0.4, -0.2) is 38.0 Å². The summed E-state index contributed by atoms with van der Waals surface area (Å²) in [5, 5.41) is 11.4. The fourth-order valence-corrected chi connectivity index (χ4v) is 3.73. The van der Waals surface area contributed by atoms with Crippen LogP contribution in [0, 0.1) is 0 Å². The number of carbonyl (C=O) groups excluding carboxylic acids is 1. The molecule has 1 amide bonds. The normalized spacial score (nSPS) is 19.1. The second-order valence-corrected chi connectivity index (χ2v) is 6.65. The average molecular weight is 333 g/mol. The lowest BCUT2D eigenvalue weighted by atomic mass is 10.1. The van der Waals surface area contributed by atoms with Crippen molar-refractivity contribution >= 4 is 33.5 Å². The maximum absolute atomic E-state index is 12.3. The first kappa shape index (κ1) is 15.7. The van der Waals surface area contributed by atoms with Gasteiger partial charge in [0, 0.05) is 6.54 Å². The number of carbonyl (C=O) groups is 2. The first-order valence-corrected chi connectivity index (χ1v) is 8.00. The van der Waals surface area contributed by atoms with Gasteiger partial charge in [-0.1, -0.05) is 11.6 Å². The van der Waals surface area contributed by atoms with Crippen molar-refractivity contribution in [2.45, 2.75) is 23.8 Å². The topological polar surface area (TPSA) is 113 Å². The van der Waals surface area contributed by atoms with Crippen LogP contribution in [0.3, 0.4) is 0 Å². The minimum absolute atomic E-state index is 0.108. The smallest absolute Gasteiger partial charge is 0.335 e. The zero-order chi connectivity index (χ0) is 15.6. The number of nitrogens with one attached hydrogen (secondary N) is 2. The van der Waals surface area contributed by atoms with Crippen LogP contribution in [0.2, 0.25) is 5.02 Å². The Balaban J connectivity index is 2.32. The second-order valence-electron chi connectivity index (χ2n) is 4.56. The zero-order valence-corrected chi connectivity index (χ0v) is 12.4. The minimum Gasteiger partial charge on any atom is -0.478 e. The van der Waals surface area contributed by atoms with Gasteiger partial charge in [-0.2, -0.15) is 4.72 Å². The fourth-order valence-electron chi connectivity index (χ4n) is 1.98. The van der Waals surface area contributed by atoms with Crippen molar-refractivity contribution in [1.82, 2.24) is 10.0 Å². The molecule has 0 saturated carbocycles. The number of hydrogen-bond acceptors (Lipinski definition) is 4. The first-order chi connectivity index (χ1) is 9.81. The van der Waals surface area contributed by atoms with Crippen molar-refractivity contribution in [2.24, 2.45) is 0 Å². The molecule has 1 unspecified atom stereocenters. The third-order valence-corrected chi connectivity index (χ3v) is 5.00. The minimum atomic E-state index is -4.09. The molecule has 1 saturated heterocycles. The largest absolute Gasteiger partial charge is 0.478 e. The molecule has 1 fully saturated rings. The molecule has 1 heterocycles. The van der Waals surface area contributed by atoms with E-state index in [1.165, 1.54) is 12.1 Å². The van der Waals surface area contributed by atoms with Gasteiger partial charge in [0.2, 0.25) is 15.9 Å². The predicted octanol–water partition coefficient (Wildman–Crippen LogP) is 0.595. The third kappa shape index (κ3) is 3.52. The average Bonchev–Trinajstić information content (AvgIpc) is 2.41. The standard InChI is InChI=1S/C12H13ClN2O5S/c13-8-4-3-7(12(17)18)6-10(8)21(19,20)15-9-2-1-5-14-11(9)16/h3-4,6,9,15H,1-2,5H2,(H,14,16)(H,17,18). The molecule has 1 aliphatic rings. The molecule has 3 N–H and O–H groups in total. The molecule has 2 rings (SSSR count). The van der Waals surface area contributed by atoms with Gasteiger partial charge in [-0.3, -0.25) is 4.79 Å². The molecular formula is C12H13ClN2O5S. The Labute approximate surface area is 126 Å². The van der Waals surface area contributed by atoms with Crippen molar-refractivity contribution < 1.29 is 23.1 Å². The van der Waals surface area contributed by atoms with Gasteiger partial charge in [-0.05, 0) is 31.0 Å². The molecule has 0 aromatic heterocycles. The van der Waals surface area contributed by atoms with Crippen molar-refractivity contribution in [3.05, 3.63) is 28.8 Å². The van der Waals surface area contributed by atoms with Gasteiger partial charge in [0.25, 0.3) is 0 Å². The highest BCUT2D eigenvalue weighted by Crippen LogP contribution is 2.23. The summed E-state index contributed by atoms with van der Waals surface area (Å²) in [7, 11) is -4.09. The number of carboxylic acid groups (broad SMARTS) is 1. The van der Waals surface area contributed by atoms with E-state index in [2.05, 4.69) is 10.0 Å². The summed E-state index contributed by atoms with van der Waals surface area (Å²) in [4.78, 5) is 22.2. The number of piperidine rings is 1. The lowest BCUT2D eigenvalue weighted by Crippen LogP contribution is -2.50. The van der Waals surface area contributed by atoms with E-state index >= 15 is 0 Å². The van der Waals surface area contributed by atoms with Crippen LogP contribution in [0.4, 0.5) is 0 Å². The number of halogens is 1. The second kappa shape index (κ2) is 6.00. The maximum Gasteiger partial charge on any atom is 0.335 e. The molecule has 0 bridgehead atoms. The SMILES string of the molecule is O=C(O)c1ccc(Cl)c(S(=O)(=O)NC2CCCNC2=O)c1. The van der Waals surface area contributed by atoms with Gasteiger partial charge in [-0.15, -0.1) is 0 Å². The lowest BCUT2D eigenvalue weighted by Gasteiger charge is -2.22. The third-order valence-electron chi connectivity index (χ3n) is 3.05. The summed E-state index contributed by atoms with van der Waals surface area (Å²) < 4.78 is 26.8. The quantitative estimate of drug-likeness (QED) is 0.747. The Bertz CT molecular complexity index is 689. The van der Waals surface area contributed by atoms with Crippen LogP contribution >= 0.6 is 11.6 Å². The molecule has 0 aliphatic carbocycles.